The van der Waals surface area contributed by atoms with Crippen molar-refractivity contribution < 1.29 is 14.3 Å². The van der Waals surface area contributed by atoms with Crippen LogP contribution in [-0.2, 0) is 14.3 Å². The van der Waals surface area contributed by atoms with Gasteiger partial charge in [0.05, 0.1) is 0 Å². The van der Waals surface area contributed by atoms with Gasteiger partial charge in [0.1, 0.15) is 23.5 Å². The smallest absolute Gasteiger partial charge is 0.342 e. The molecule has 0 N–H and O–H groups in total. The van der Waals surface area contributed by atoms with E-state index in [-0.39, 0.29) is 18.2 Å². The molecular formula is C19H30O3. The van der Waals surface area contributed by atoms with Gasteiger partial charge in [0.25, 0.3) is 0 Å². The van der Waals surface area contributed by atoms with Crippen molar-refractivity contribution in [1.29, 1.82) is 0 Å². The van der Waals surface area contributed by atoms with E-state index in [1.54, 1.807) is 0 Å². The number of carbonyl (C=O) groups is 1. The zero-order valence-electron chi connectivity index (χ0n) is 14.3. The molecule has 0 bridgehead atoms. The highest BCUT2D eigenvalue weighted by Crippen LogP contribution is 2.37. The van der Waals surface area contributed by atoms with Gasteiger partial charge in [-0.2, -0.15) is 0 Å². The molecule has 0 aromatic heterocycles. The molecule has 0 fully saturated rings. The summed E-state index contributed by atoms with van der Waals surface area (Å²) in [7, 11) is 0. The lowest BCUT2D eigenvalue weighted by atomic mass is 9.93. The van der Waals surface area contributed by atoms with Gasteiger partial charge >= 0.3 is 5.97 Å². The van der Waals surface area contributed by atoms with Crippen molar-refractivity contribution in [3.05, 3.63) is 23.0 Å². The van der Waals surface area contributed by atoms with Gasteiger partial charge < -0.3 is 9.47 Å². The summed E-state index contributed by atoms with van der Waals surface area (Å²) in [4.78, 5) is 12.3. The summed E-state index contributed by atoms with van der Waals surface area (Å²) < 4.78 is 11.5. The largest absolute Gasteiger partial charge is 0.489 e. The normalized spacial score (nSPS) is 24.0. The van der Waals surface area contributed by atoms with Crippen LogP contribution in [0.15, 0.2) is 23.0 Å². The minimum atomic E-state index is -0.187. The first kappa shape index (κ1) is 17.1. The van der Waals surface area contributed by atoms with Crippen molar-refractivity contribution in [2.24, 2.45) is 0 Å². The molecule has 0 aromatic rings. The molecule has 124 valence electrons. The molecule has 0 aliphatic carbocycles. The molecule has 3 nitrogen and oxygen atoms in total. The lowest BCUT2D eigenvalue weighted by Gasteiger charge is -2.23. The van der Waals surface area contributed by atoms with Gasteiger partial charge in [-0.25, -0.2) is 4.79 Å². The first-order valence-electron chi connectivity index (χ1n) is 8.98. The molecule has 2 rings (SSSR count). The average Bonchev–Trinajstić information content (AvgIpc) is 2.81. The highest BCUT2D eigenvalue weighted by Gasteiger charge is 2.38. The maximum Gasteiger partial charge on any atom is 0.342 e. The van der Waals surface area contributed by atoms with Gasteiger partial charge in [-0.05, 0) is 38.7 Å². The molecule has 2 aliphatic rings. The number of carbonyl (C=O) groups excluding carboxylic acids is 1. The van der Waals surface area contributed by atoms with Crippen molar-refractivity contribution >= 4 is 5.97 Å². The summed E-state index contributed by atoms with van der Waals surface area (Å²) >= 11 is 0. The second kappa shape index (κ2) is 8.40. The lowest BCUT2D eigenvalue weighted by molar-refractivity contribution is -0.143. The van der Waals surface area contributed by atoms with Crippen molar-refractivity contribution in [2.75, 3.05) is 0 Å². The number of cyclic esters (lactones) is 1. The third kappa shape index (κ3) is 4.15. The number of ether oxygens (including phenoxy) is 2. The lowest BCUT2D eigenvalue weighted by Crippen LogP contribution is -2.26. The van der Waals surface area contributed by atoms with Gasteiger partial charge in [0.15, 0.2) is 0 Å². The molecule has 0 saturated carbocycles. The van der Waals surface area contributed by atoms with Crippen LogP contribution < -0.4 is 0 Å². The molecule has 0 radical (unpaired) electrons. The second-order valence-corrected chi connectivity index (χ2v) is 6.45. The van der Waals surface area contributed by atoms with E-state index in [0.717, 1.165) is 37.0 Å². The Morgan fingerprint density at radius 2 is 1.64 bits per heavy atom. The third-order valence-corrected chi connectivity index (χ3v) is 4.55. The number of hydrogen-bond acceptors (Lipinski definition) is 3. The Hall–Kier alpha value is -1.25. The molecule has 2 heterocycles. The zero-order valence-corrected chi connectivity index (χ0v) is 14.3. The van der Waals surface area contributed by atoms with Crippen LogP contribution in [0.2, 0.25) is 0 Å². The molecular weight excluding hydrogens is 276 g/mol. The highest BCUT2D eigenvalue weighted by atomic mass is 16.5. The summed E-state index contributed by atoms with van der Waals surface area (Å²) in [5.41, 5.74) is 1.78. The predicted octanol–water partition coefficient (Wildman–Crippen LogP) is 5.06. The van der Waals surface area contributed by atoms with Crippen LogP contribution in [0.1, 0.15) is 78.6 Å². The molecule has 0 aromatic carbocycles. The maximum absolute atomic E-state index is 12.3. The summed E-state index contributed by atoms with van der Waals surface area (Å²) in [5, 5.41) is 0. The van der Waals surface area contributed by atoms with Gasteiger partial charge in [-0.1, -0.05) is 46.0 Å². The summed E-state index contributed by atoms with van der Waals surface area (Å²) in [6.07, 6.45) is 12.5. The Balaban J connectivity index is 1.99. The summed E-state index contributed by atoms with van der Waals surface area (Å²) in [5.74, 6) is 0.552. The maximum atomic E-state index is 12.3. The van der Waals surface area contributed by atoms with Gasteiger partial charge in [0, 0.05) is 5.57 Å². The molecule has 22 heavy (non-hydrogen) atoms. The van der Waals surface area contributed by atoms with Gasteiger partial charge in [0.2, 0.25) is 0 Å². The van der Waals surface area contributed by atoms with E-state index in [0.29, 0.717) is 5.57 Å². The van der Waals surface area contributed by atoms with Crippen molar-refractivity contribution in [2.45, 2.75) is 90.8 Å². The Labute approximate surface area is 134 Å². The van der Waals surface area contributed by atoms with Crippen LogP contribution in [0.25, 0.3) is 0 Å². The number of rotatable bonds is 9. The van der Waals surface area contributed by atoms with Crippen molar-refractivity contribution in [3.63, 3.8) is 0 Å². The number of esters is 1. The number of fused-ring (bicyclic) bond motifs is 1. The zero-order chi connectivity index (χ0) is 15.9. The Morgan fingerprint density at radius 1 is 0.955 bits per heavy atom. The summed E-state index contributed by atoms with van der Waals surface area (Å²) in [6.45, 7) is 6.29. The molecule has 2 atom stereocenters. The minimum absolute atomic E-state index is 0.0633. The molecule has 0 spiro atoms. The standard InChI is InChI=1S/C19H30O3/c1-4-6-8-10-12-17-16-13-15(11-9-7-5-2)22-19(20)18(16)14(3)21-17/h13,15,17H,4-12H2,1-3H3. The first-order valence-corrected chi connectivity index (χ1v) is 8.98. The molecule has 0 saturated heterocycles. The fourth-order valence-electron chi connectivity index (χ4n) is 3.29. The van der Waals surface area contributed by atoms with Crippen LogP contribution in [0, 0.1) is 0 Å². The van der Waals surface area contributed by atoms with E-state index in [1.807, 2.05) is 6.92 Å². The molecule has 2 unspecified atom stereocenters. The number of unbranched alkanes of at least 4 members (excludes halogenated alkanes) is 5. The summed E-state index contributed by atoms with van der Waals surface area (Å²) in [6, 6.07) is 0. The third-order valence-electron chi connectivity index (χ3n) is 4.55. The van der Waals surface area contributed by atoms with Crippen LogP contribution in [0.5, 0.6) is 0 Å². The van der Waals surface area contributed by atoms with E-state index in [1.165, 1.54) is 32.1 Å². The Morgan fingerprint density at radius 3 is 2.36 bits per heavy atom. The van der Waals surface area contributed by atoms with E-state index in [2.05, 4.69) is 19.9 Å². The first-order chi connectivity index (χ1) is 10.7. The van der Waals surface area contributed by atoms with Crippen molar-refractivity contribution in [3.8, 4) is 0 Å². The van der Waals surface area contributed by atoms with Crippen LogP contribution in [-0.4, -0.2) is 18.2 Å². The topological polar surface area (TPSA) is 35.5 Å². The number of hydrogen-bond donors (Lipinski definition) is 0. The number of allylic oxidation sites excluding steroid dienone is 1. The monoisotopic (exact) mass is 306 g/mol. The minimum Gasteiger partial charge on any atom is -0.489 e. The van der Waals surface area contributed by atoms with E-state index in [4.69, 9.17) is 9.47 Å². The van der Waals surface area contributed by atoms with Crippen LogP contribution in [0.3, 0.4) is 0 Å². The molecule has 0 amide bonds. The Bertz CT molecular complexity index is 448. The highest BCUT2D eigenvalue weighted by molar-refractivity contribution is 5.96. The quantitative estimate of drug-likeness (QED) is 0.441. The SMILES string of the molecule is CCCCCCC1OC(C)=C2C(=O)OC(CCCCC)C=C21. The van der Waals surface area contributed by atoms with Crippen molar-refractivity contribution in [1.82, 2.24) is 0 Å². The fourth-order valence-corrected chi connectivity index (χ4v) is 3.29. The average molecular weight is 306 g/mol. The fraction of sp³-hybridized carbons (Fsp3) is 0.737. The van der Waals surface area contributed by atoms with Crippen LogP contribution in [0.4, 0.5) is 0 Å². The van der Waals surface area contributed by atoms with Gasteiger partial charge in [-0.15, -0.1) is 0 Å². The van der Waals surface area contributed by atoms with Gasteiger partial charge in [-0.3, -0.25) is 0 Å². The van der Waals surface area contributed by atoms with E-state index < -0.39 is 0 Å². The molecule has 3 heteroatoms. The van der Waals surface area contributed by atoms with E-state index in [9.17, 15) is 4.79 Å². The predicted molar refractivity (Wildman–Crippen MR) is 88.4 cm³/mol. The Kier molecular flexibility index (Phi) is 6.53. The second-order valence-electron chi connectivity index (χ2n) is 6.45. The molecule has 2 aliphatic heterocycles. The van der Waals surface area contributed by atoms with Crippen LogP contribution >= 0.6 is 0 Å². The van der Waals surface area contributed by atoms with E-state index >= 15 is 0 Å².